The Morgan fingerprint density at radius 1 is 1.00 bits per heavy atom. The van der Waals surface area contributed by atoms with Crippen molar-refractivity contribution in [2.75, 3.05) is 5.73 Å². The fourth-order valence-corrected chi connectivity index (χ4v) is 3.56. The summed E-state index contributed by atoms with van der Waals surface area (Å²) in [7, 11) is 0. The number of anilines is 1. The van der Waals surface area contributed by atoms with Crippen LogP contribution in [0.15, 0.2) is 77.9 Å². The van der Waals surface area contributed by atoms with Gasteiger partial charge in [0.25, 0.3) is 5.56 Å². The monoisotopic (exact) mass is 415 g/mol. The van der Waals surface area contributed by atoms with Crippen LogP contribution < -0.4 is 17.0 Å². The standard InChI is InChI=1S/C24H22FN5O/c25-20-7-6-18(23(27)19(20)13-17(26)12-15-4-2-1-3-5-15)24-29-21(14-22(31)30-24)16-8-10-28-11-9-16/h1-11,14,17H,12-13,26-27H2,(H,29,30,31). The van der Waals surface area contributed by atoms with Gasteiger partial charge in [0.1, 0.15) is 11.6 Å². The van der Waals surface area contributed by atoms with Crippen LogP contribution in [0.4, 0.5) is 10.1 Å². The van der Waals surface area contributed by atoms with E-state index in [-0.39, 0.29) is 29.5 Å². The molecule has 1 atom stereocenters. The third-order valence-electron chi connectivity index (χ3n) is 5.08. The Kier molecular flexibility index (Phi) is 5.86. The highest BCUT2D eigenvalue weighted by molar-refractivity contribution is 5.75. The summed E-state index contributed by atoms with van der Waals surface area (Å²) in [4.78, 5) is 23.5. The first kappa shape index (κ1) is 20.4. The number of nitrogens with one attached hydrogen (secondary N) is 1. The first-order valence-corrected chi connectivity index (χ1v) is 9.90. The Morgan fingerprint density at radius 3 is 2.48 bits per heavy atom. The third-order valence-corrected chi connectivity index (χ3v) is 5.08. The summed E-state index contributed by atoms with van der Waals surface area (Å²) in [6.45, 7) is 0. The molecule has 0 amide bonds. The molecule has 156 valence electrons. The molecule has 2 heterocycles. The summed E-state index contributed by atoms with van der Waals surface area (Å²) < 4.78 is 14.6. The van der Waals surface area contributed by atoms with E-state index in [9.17, 15) is 9.18 Å². The number of H-pyrrole nitrogens is 1. The maximum atomic E-state index is 14.6. The van der Waals surface area contributed by atoms with Crippen molar-refractivity contribution in [1.29, 1.82) is 0 Å². The number of hydrogen-bond acceptors (Lipinski definition) is 5. The zero-order valence-corrected chi connectivity index (χ0v) is 16.8. The predicted molar refractivity (Wildman–Crippen MR) is 120 cm³/mol. The average molecular weight is 415 g/mol. The van der Waals surface area contributed by atoms with Gasteiger partial charge in [0.15, 0.2) is 0 Å². The van der Waals surface area contributed by atoms with E-state index in [1.54, 1.807) is 24.5 Å². The molecule has 7 heteroatoms. The number of nitrogens with zero attached hydrogens (tertiary/aromatic N) is 2. The fourth-order valence-electron chi connectivity index (χ4n) is 3.56. The minimum Gasteiger partial charge on any atom is -0.398 e. The van der Waals surface area contributed by atoms with Crippen LogP contribution in [0.2, 0.25) is 0 Å². The van der Waals surface area contributed by atoms with Crippen molar-refractivity contribution in [3.05, 3.63) is 100 Å². The van der Waals surface area contributed by atoms with Gasteiger partial charge in [-0.2, -0.15) is 0 Å². The second-order valence-electron chi connectivity index (χ2n) is 7.36. The van der Waals surface area contributed by atoms with Crippen LogP contribution in [0.3, 0.4) is 0 Å². The molecule has 0 spiro atoms. The van der Waals surface area contributed by atoms with Crippen molar-refractivity contribution in [3.8, 4) is 22.6 Å². The van der Waals surface area contributed by atoms with Gasteiger partial charge in [-0.25, -0.2) is 9.37 Å². The number of nitrogens with two attached hydrogens (primary N) is 2. The van der Waals surface area contributed by atoms with Gasteiger partial charge >= 0.3 is 0 Å². The smallest absolute Gasteiger partial charge is 0.251 e. The minimum atomic E-state index is -0.433. The lowest BCUT2D eigenvalue weighted by Gasteiger charge is -2.16. The number of pyridine rings is 1. The Hall–Kier alpha value is -3.84. The SMILES string of the molecule is Nc1c(-c2nc(-c3ccncc3)cc(=O)[nH]2)ccc(F)c1CC(N)Cc1ccccc1. The van der Waals surface area contributed by atoms with Gasteiger partial charge in [0.2, 0.25) is 0 Å². The molecular weight excluding hydrogens is 393 g/mol. The zero-order chi connectivity index (χ0) is 21.8. The van der Waals surface area contributed by atoms with Gasteiger partial charge in [-0.15, -0.1) is 0 Å². The highest BCUT2D eigenvalue weighted by Gasteiger charge is 2.17. The highest BCUT2D eigenvalue weighted by atomic mass is 19.1. The number of halogens is 1. The number of benzene rings is 2. The summed E-state index contributed by atoms with van der Waals surface area (Å²) >= 11 is 0. The molecule has 0 aliphatic carbocycles. The molecule has 0 saturated heterocycles. The second-order valence-corrected chi connectivity index (χ2v) is 7.36. The molecule has 0 aliphatic heterocycles. The van der Waals surface area contributed by atoms with Gasteiger partial charge in [0.05, 0.1) is 5.69 Å². The van der Waals surface area contributed by atoms with Crippen LogP contribution in [0.25, 0.3) is 22.6 Å². The zero-order valence-electron chi connectivity index (χ0n) is 16.8. The number of aromatic nitrogens is 3. The third kappa shape index (κ3) is 4.67. The summed E-state index contributed by atoms with van der Waals surface area (Å²) in [5, 5.41) is 0. The summed E-state index contributed by atoms with van der Waals surface area (Å²) in [5.74, 6) is -0.160. The lowest BCUT2D eigenvalue weighted by atomic mass is 9.96. The van der Waals surface area contributed by atoms with E-state index >= 15 is 0 Å². The molecule has 31 heavy (non-hydrogen) atoms. The molecule has 5 N–H and O–H groups in total. The number of aromatic amines is 1. The summed E-state index contributed by atoms with van der Waals surface area (Å²) in [6, 6.07) is 17.2. The lowest BCUT2D eigenvalue weighted by molar-refractivity contribution is 0.585. The van der Waals surface area contributed by atoms with Crippen LogP contribution in [0.1, 0.15) is 11.1 Å². The van der Waals surface area contributed by atoms with Gasteiger partial charge in [-0.1, -0.05) is 30.3 Å². The Balaban J connectivity index is 1.68. The molecule has 4 aromatic rings. The fraction of sp³-hybridized carbons (Fsp3) is 0.125. The van der Waals surface area contributed by atoms with E-state index in [1.807, 2.05) is 30.3 Å². The summed E-state index contributed by atoms with van der Waals surface area (Å²) in [5.41, 5.74) is 15.6. The summed E-state index contributed by atoms with van der Waals surface area (Å²) in [6.07, 6.45) is 4.10. The van der Waals surface area contributed by atoms with Crippen LogP contribution in [0, 0.1) is 5.82 Å². The van der Waals surface area contributed by atoms with E-state index < -0.39 is 5.82 Å². The molecule has 0 fully saturated rings. The molecule has 0 bridgehead atoms. The van der Waals surface area contributed by atoms with Gasteiger partial charge in [-0.05, 0) is 42.7 Å². The molecule has 1 unspecified atom stereocenters. The molecule has 4 rings (SSSR count). The van der Waals surface area contributed by atoms with Crippen molar-refractivity contribution in [2.45, 2.75) is 18.9 Å². The Labute approximate surface area is 178 Å². The average Bonchev–Trinajstić information content (AvgIpc) is 2.77. The highest BCUT2D eigenvalue weighted by Crippen LogP contribution is 2.30. The van der Waals surface area contributed by atoms with E-state index in [0.29, 0.717) is 23.2 Å². The first-order chi connectivity index (χ1) is 15.0. The van der Waals surface area contributed by atoms with E-state index in [2.05, 4.69) is 15.0 Å². The predicted octanol–water partition coefficient (Wildman–Crippen LogP) is 3.33. The Bertz CT molecular complexity index is 1240. The van der Waals surface area contributed by atoms with Crippen molar-refractivity contribution >= 4 is 5.69 Å². The lowest BCUT2D eigenvalue weighted by Crippen LogP contribution is -2.26. The topological polar surface area (TPSA) is 111 Å². The van der Waals surface area contributed by atoms with Gasteiger partial charge in [0, 0.05) is 46.9 Å². The molecule has 6 nitrogen and oxygen atoms in total. The first-order valence-electron chi connectivity index (χ1n) is 9.90. The molecular formula is C24H22FN5O. The largest absolute Gasteiger partial charge is 0.398 e. The maximum Gasteiger partial charge on any atom is 0.251 e. The van der Waals surface area contributed by atoms with Crippen LogP contribution >= 0.6 is 0 Å². The van der Waals surface area contributed by atoms with Crippen molar-refractivity contribution in [1.82, 2.24) is 15.0 Å². The van der Waals surface area contributed by atoms with Gasteiger partial charge in [-0.3, -0.25) is 9.78 Å². The molecule has 0 radical (unpaired) electrons. The number of nitrogen functional groups attached to an aromatic ring is 1. The van der Waals surface area contributed by atoms with E-state index in [1.165, 1.54) is 18.2 Å². The quantitative estimate of drug-likeness (QED) is 0.418. The van der Waals surface area contributed by atoms with Crippen LogP contribution in [-0.2, 0) is 12.8 Å². The van der Waals surface area contributed by atoms with E-state index in [4.69, 9.17) is 11.5 Å². The number of rotatable bonds is 6. The molecule has 0 aliphatic rings. The van der Waals surface area contributed by atoms with Crippen molar-refractivity contribution in [2.24, 2.45) is 5.73 Å². The molecule has 0 saturated carbocycles. The van der Waals surface area contributed by atoms with Crippen molar-refractivity contribution < 1.29 is 4.39 Å². The Morgan fingerprint density at radius 2 is 1.74 bits per heavy atom. The normalized spacial score (nSPS) is 11.9. The number of hydrogen-bond donors (Lipinski definition) is 3. The maximum absolute atomic E-state index is 14.6. The van der Waals surface area contributed by atoms with Crippen LogP contribution in [-0.4, -0.2) is 21.0 Å². The van der Waals surface area contributed by atoms with E-state index in [0.717, 1.165) is 11.1 Å². The molecule has 2 aromatic heterocycles. The minimum absolute atomic E-state index is 0.221. The second kappa shape index (κ2) is 8.89. The molecule has 2 aromatic carbocycles. The van der Waals surface area contributed by atoms with Crippen molar-refractivity contribution in [3.63, 3.8) is 0 Å². The van der Waals surface area contributed by atoms with Crippen LogP contribution in [0.5, 0.6) is 0 Å². The van der Waals surface area contributed by atoms with Gasteiger partial charge < -0.3 is 16.5 Å².